The van der Waals surface area contributed by atoms with Gasteiger partial charge < -0.3 is 10.1 Å². The van der Waals surface area contributed by atoms with Crippen molar-refractivity contribution in [2.45, 2.75) is 12.4 Å². The molecule has 2 rings (SSSR count). The Bertz CT molecular complexity index is 684. The van der Waals surface area contributed by atoms with Gasteiger partial charge in [0.05, 0.1) is 6.04 Å². The van der Waals surface area contributed by atoms with Gasteiger partial charge in [0, 0.05) is 5.56 Å². The van der Waals surface area contributed by atoms with Crippen LogP contribution >= 0.6 is 0 Å². The van der Waals surface area contributed by atoms with Crippen molar-refractivity contribution in [1.82, 2.24) is 5.32 Å². The monoisotopic (exact) mass is 321 g/mol. The molecule has 2 aromatic rings. The van der Waals surface area contributed by atoms with Gasteiger partial charge in [-0.15, -0.1) is 13.2 Å². The predicted molar refractivity (Wildman–Crippen MR) is 79.7 cm³/mol. The zero-order chi connectivity index (χ0) is 16.9. The molecule has 0 radical (unpaired) electrons. The Labute approximate surface area is 131 Å². The van der Waals surface area contributed by atoms with Crippen molar-refractivity contribution >= 4 is 5.91 Å². The lowest BCUT2D eigenvalue weighted by Gasteiger charge is -2.22. The first-order valence-corrected chi connectivity index (χ1v) is 6.73. The summed E-state index contributed by atoms with van der Waals surface area (Å²) in [7, 11) is 0. The summed E-state index contributed by atoms with van der Waals surface area (Å²) >= 11 is 0. The summed E-state index contributed by atoms with van der Waals surface area (Å²) < 4.78 is 41.8. The van der Waals surface area contributed by atoms with Gasteiger partial charge in [-0.3, -0.25) is 4.79 Å². The Morgan fingerprint density at radius 3 is 2.30 bits per heavy atom. The summed E-state index contributed by atoms with van der Waals surface area (Å²) in [5.74, 6) is -0.862. The Kier molecular flexibility index (Phi) is 5.05. The number of nitrogens with one attached hydrogen (secondary N) is 1. The molecule has 0 heterocycles. The second-order valence-corrected chi connectivity index (χ2v) is 4.64. The topological polar surface area (TPSA) is 38.3 Å². The van der Waals surface area contributed by atoms with Crippen LogP contribution in [-0.4, -0.2) is 12.3 Å². The average Bonchev–Trinajstić information content (AvgIpc) is 2.52. The SMILES string of the molecule is C=CC(=O)NC(c1ccccc1)c1ccccc1OC(F)(F)F. The Morgan fingerprint density at radius 1 is 1.09 bits per heavy atom. The van der Waals surface area contributed by atoms with Crippen LogP contribution in [0.1, 0.15) is 17.2 Å². The Balaban J connectivity index is 2.47. The molecule has 0 saturated heterocycles. The second kappa shape index (κ2) is 7.00. The molecular formula is C17H14F3NO2. The maximum absolute atomic E-state index is 12.6. The number of alkyl halides is 3. The van der Waals surface area contributed by atoms with Gasteiger partial charge in [0.1, 0.15) is 5.75 Å². The van der Waals surface area contributed by atoms with Crippen molar-refractivity contribution in [3.8, 4) is 5.75 Å². The van der Waals surface area contributed by atoms with Crippen LogP contribution in [0.4, 0.5) is 13.2 Å². The van der Waals surface area contributed by atoms with E-state index in [9.17, 15) is 18.0 Å². The molecule has 0 saturated carbocycles. The summed E-state index contributed by atoms with van der Waals surface area (Å²) in [6.07, 6.45) is -3.76. The first-order valence-electron chi connectivity index (χ1n) is 6.73. The minimum atomic E-state index is -4.82. The summed E-state index contributed by atoms with van der Waals surface area (Å²) in [6, 6.07) is 13.5. The van der Waals surface area contributed by atoms with E-state index in [0.717, 1.165) is 6.08 Å². The first kappa shape index (κ1) is 16.6. The van der Waals surface area contributed by atoms with Crippen LogP contribution in [0.3, 0.4) is 0 Å². The minimum absolute atomic E-state index is 0.200. The second-order valence-electron chi connectivity index (χ2n) is 4.64. The minimum Gasteiger partial charge on any atom is -0.405 e. The molecule has 2 aromatic carbocycles. The van der Waals surface area contributed by atoms with E-state index in [1.165, 1.54) is 18.2 Å². The smallest absolute Gasteiger partial charge is 0.405 e. The van der Waals surface area contributed by atoms with Gasteiger partial charge in [-0.1, -0.05) is 55.1 Å². The van der Waals surface area contributed by atoms with Crippen LogP contribution < -0.4 is 10.1 Å². The third-order valence-electron chi connectivity index (χ3n) is 3.06. The molecule has 6 heteroatoms. The van der Waals surface area contributed by atoms with Gasteiger partial charge in [-0.25, -0.2) is 0 Å². The molecule has 120 valence electrons. The quantitative estimate of drug-likeness (QED) is 0.846. The molecule has 0 aromatic heterocycles. The Morgan fingerprint density at radius 2 is 1.70 bits per heavy atom. The first-order chi connectivity index (χ1) is 10.9. The van der Waals surface area contributed by atoms with Gasteiger partial charge in [-0.2, -0.15) is 0 Å². The molecule has 0 aliphatic carbocycles. The van der Waals surface area contributed by atoms with E-state index in [1.807, 2.05) is 0 Å². The molecule has 1 amide bonds. The van der Waals surface area contributed by atoms with Crippen LogP contribution in [-0.2, 0) is 4.79 Å². The highest BCUT2D eigenvalue weighted by molar-refractivity contribution is 5.87. The third kappa shape index (κ3) is 4.60. The maximum Gasteiger partial charge on any atom is 0.573 e. The zero-order valence-corrected chi connectivity index (χ0v) is 12.0. The fourth-order valence-corrected chi connectivity index (χ4v) is 2.12. The summed E-state index contributed by atoms with van der Waals surface area (Å²) in [5.41, 5.74) is 0.826. The van der Waals surface area contributed by atoms with Crippen molar-refractivity contribution in [2.75, 3.05) is 0 Å². The van der Waals surface area contributed by atoms with Gasteiger partial charge >= 0.3 is 6.36 Å². The number of carbonyl (C=O) groups excluding carboxylic acids is 1. The molecule has 0 aliphatic heterocycles. The van der Waals surface area contributed by atoms with Crippen LogP contribution in [0.15, 0.2) is 67.3 Å². The van der Waals surface area contributed by atoms with Crippen LogP contribution in [0.5, 0.6) is 5.75 Å². The van der Waals surface area contributed by atoms with Crippen LogP contribution in [0, 0.1) is 0 Å². The molecule has 0 bridgehead atoms. The van der Waals surface area contributed by atoms with E-state index in [4.69, 9.17) is 0 Å². The van der Waals surface area contributed by atoms with E-state index >= 15 is 0 Å². The molecule has 0 aliphatic rings. The van der Waals surface area contributed by atoms with Gasteiger partial charge in [-0.05, 0) is 17.7 Å². The summed E-state index contributed by atoms with van der Waals surface area (Å²) in [5, 5.41) is 2.62. The number of benzene rings is 2. The fraction of sp³-hybridized carbons (Fsp3) is 0.118. The largest absolute Gasteiger partial charge is 0.573 e. The van der Waals surface area contributed by atoms with Gasteiger partial charge in [0.25, 0.3) is 0 Å². The lowest BCUT2D eigenvalue weighted by atomic mass is 9.97. The van der Waals surface area contributed by atoms with E-state index < -0.39 is 18.3 Å². The molecule has 23 heavy (non-hydrogen) atoms. The standard InChI is InChI=1S/C17H14F3NO2/c1-2-15(22)21-16(12-8-4-3-5-9-12)13-10-6-7-11-14(13)23-17(18,19)20/h2-11,16H,1H2,(H,21,22). The van der Waals surface area contributed by atoms with Crippen molar-refractivity contribution in [2.24, 2.45) is 0 Å². The number of halogens is 3. The van der Waals surface area contributed by atoms with E-state index in [-0.39, 0.29) is 11.3 Å². The van der Waals surface area contributed by atoms with Crippen LogP contribution in [0.2, 0.25) is 0 Å². The molecule has 1 unspecified atom stereocenters. The number of para-hydroxylation sites is 1. The van der Waals surface area contributed by atoms with E-state index in [0.29, 0.717) is 5.56 Å². The fourth-order valence-electron chi connectivity index (χ4n) is 2.12. The van der Waals surface area contributed by atoms with Crippen molar-refractivity contribution in [3.05, 3.63) is 78.4 Å². The van der Waals surface area contributed by atoms with Crippen molar-refractivity contribution < 1.29 is 22.7 Å². The molecule has 0 fully saturated rings. The lowest BCUT2D eigenvalue weighted by Crippen LogP contribution is -2.28. The molecule has 3 nitrogen and oxygen atoms in total. The van der Waals surface area contributed by atoms with Gasteiger partial charge in [0.15, 0.2) is 0 Å². The molecule has 0 spiro atoms. The lowest BCUT2D eigenvalue weighted by molar-refractivity contribution is -0.274. The molecular weight excluding hydrogens is 307 g/mol. The van der Waals surface area contributed by atoms with E-state index in [1.54, 1.807) is 36.4 Å². The van der Waals surface area contributed by atoms with Crippen LogP contribution in [0.25, 0.3) is 0 Å². The summed E-state index contributed by atoms with van der Waals surface area (Å²) in [6.45, 7) is 3.36. The highest BCUT2D eigenvalue weighted by Crippen LogP contribution is 2.33. The molecule has 1 atom stereocenters. The number of hydrogen-bond donors (Lipinski definition) is 1. The summed E-state index contributed by atoms with van der Waals surface area (Å²) in [4.78, 5) is 11.7. The number of carbonyl (C=O) groups is 1. The predicted octanol–water partition coefficient (Wildman–Crippen LogP) is 3.98. The van der Waals surface area contributed by atoms with Crippen molar-refractivity contribution in [1.29, 1.82) is 0 Å². The molecule has 1 N–H and O–H groups in total. The number of amides is 1. The number of ether oxygens (including phenoxy) is 1. The highest BCUT2D eigenvalue weighted by atomic mass is 19.4. The number of rotatable bonds is 5. The number of hydrogen-bond acceptors (Lipinski definition) is 2. The van der Waals surface area contributed by atoms with Gasteiger partial charge in [0.2, 0.25) is 5.91 Å². The Hall–Kier alpha value is -2.76. The normalized spacial score (nSPS) is 12.3. The van der Waals surface area contributed by atoms with Crippen molar-refractivity contribution in [3.63, 3.8) is 0 Å². The maximum atomic E-state index is 12.6. The average molecular weight is 321 g/mol. The van der Waals surface area contributed by atoms with E-state index in [2.05, 4.69) is 16.6 Å². The zero-order valence-electron chi connectivity index (χ0n) is 12.0. The highest BCUT2D eigenvalue weighted by Gasteiger charge is 2.33. The third-order valence-corrected chi connectivity index (χ3v) is 3.06.